The smallest absolute Gasteiger partial charge is 0.326 e. The lowest BCUT2D eigenvalue weighted by molar-refractivity contribution is -0.144. The molecule has 0 saturated heterocycles. The van der Waals surface area contributed by atoms with E-state index in [1.165, 1.54) is 0 Å². The number of ether oxygens (including phenoxy) is 1. The van der Waals surface area contributed by atoms with Crippen LogP contribution in [0.25, 0.3) is 0 Å². The van der Waals surface area contributed by atoms with Gasteiger partial charge in [-0.15, -0.1) is 0 Å². The molecule has 4 N–H and O–H groups in total. The maximum Gasteiger partial charge on any atom is 0.326 e. The molecule has 1 atom stereocenters. The van der Waals surface area contributed by atoms with E-state index in [2.05, 4.69) is 5.32 Å². The Labute approximate surface area is 86.6 Å². The Balaban J connectivity index is 4.10. The number of carboxylic acids is 1. The summed E-state index contributed by atoms with van der Waals surface area (Å²) in [6, 6.07) is -1.30. The number of primary amides is 1. The molecule has 0 radical (unpaired) electrons. The number of nitrogens with two attached hydrogens (primary N) is 1. The molecule has 0 aliphatic heterocycles. The second-order valence-electron chi connectivity index (χ2n) is 2.77. The van der Waals surface area contributed by atoms with E-state index >= 15 is 0 Å². The molecule has 7 nitrogen and oxygen atoms in total. The van der Waals surface area contributed by atoms with Crippen LogP contribution in [0.4, 0.5) is 0 Å². The second-order valence-corrected chi connectivity index (χ2v) is 2.77. The molecule has 0 spiro atoms. The number of carboxylic acid groups (broad SMARTS) is 1. The van der Waals surface area contributed by atoms with Crippen molar-refractivity contribution in [3.63, 3.8) is 0 Å². The van der Waals surface area contributed by atoms with Crippen molar-refractivity contribution in [3.8, 4) is 0 Å². The highest BCUT2D eigenvalue weighted by molar-refractivity contribution is 5.88. The van der Waals surface area contributed by atoms with Gasteiger partial charge in [0.15, 0.2) is 0 Å². The number of hydrogen-bond acceptors (Lipinski definition) is 4. The summed E-state index contributed by atoms with van der Waals surface area (Å²) in [5.41, 5.74) is 4.82. The van der Waals surface area contributed by atoms with E-state index in [0.717, 1.165) is 0 Å². The molecule has 0 fully saturated rings. The van der Waals surface area contributed by atoms with Crippen LogP contribution in [0.1, 0.15) is 13.3 Å². The van der Waals surface area contributed by atoms with Crippen LogP contribution in [-0.4, -0.2) is 42.1 Å². The molecule has 7 heteroatoms. The molecule has 0 bridgehead atoms. The zero-order valence-corrected chi connectivity index (χ0v) is 8.36. The first-order valence-electron chi connectivity index (χ1n) is 4.35. The van der Waals surface area contributed by atoms with E-state index < -0.39 is 30.2 Å². The van der Waals surface area contributed by atoms with Crippen molar-refractivity contribution in [2.24, 2.45) is 5.73 Å². The third-order valence-corrected chi connectivity index (χ3v) is 1.48. The Kier molecular flexibility index (Phi) is 6.03. The Morgan fingerprint density at radius 2 is 2.07 bits per heavy atom. The minimum Gasteiger partial charge on any atom is -0.480 e. The fourth-order valence-electron chi connectivity index (χ4n) is 0.832. The first-order chi connectivity index (χ1) is 6.97. The van der Waals surface area contributed by atoms with Crippen LogP contribution < -0.4 is 11.1 Å². The van der Waals surface area contributed by atoms with Crippen molar-refractivity contribution in [3.05, 3.63) is 0 Å². The van der Waals surface area contributed by atoms with Crippen LogP contribution in [0.15, 0.2) is 0 Å². The number of aliphatic carboxylic acids is 1. The molecule has 0 aliphatic rings. The number of nitrogens with one attached hydrogen (secondary N) is 1. The Hall–Kier alpha value is -1.63. The number of hydrogen-bond donors (Lipinski definition) is 3. The Morgan fingerprint density at radius 3 is 2.47 bits per heavy atom. The second kappa shape index (κ2) is 6.77. The predicted octanol–water partition coefficient (Wildman–Crippen LogP) is -1.53. The standard InChI is InChI=1S/C8H14N2O5/c1-2-15-4-7(12)10-5(8(13)14)3-6(9)11/h5H,2-4H2,1H3,(H2,9,11)(H,10,12)(H,13,14). The quantitative estimate of drug-likeness (QED) is 0.479. The van der Waals surface area contributed by atoms with Gasteiger partial charge in [0.1, 0.15) is 12.6 Å². The normalized spacial score (nSPS) is 11.8. The molecular formula is C8H14N2O5. The molecule has 0 aromatic carbocycles. The maximum atomic E-state index is 11.0. The molecule has 2 amide bonds. The lowest BCUT2D eigenvalue weighted by Gasteiger charge is -2.12. The van der Waals surface area contributed by atoms with E-state index in [1.807, 2.05) is 0 Å². The van der Waals surface area contributed by atoms with E-state index in [0.29, 0.717) is 6.61 Å². The first-order valence-corrected chi connectivity index (χ1v) is 4.35. The lowest BCUT2D eigenvalue weighted by Crippen LogP contribution is -2.44. The molecule has 86 valence electrons. The summed E-state index contributed by atoms with van der Waals surface area (Å²) in [6.45, 7) is 1.81. The molecule has 0 rings (SSSR count). The van der Waals surface area contributed by atoms with Gasteiger partial charge >= 0.3 is 5.97 Å². The number of carbonyl (C=O) groups is 3. The van der Waals surface area contributed by atoms with Crippen molar-refractivity contribution >= 4 is 17.8 Å². The van der Waals surface area contributed by atoms with Gasteiger partial charge in [-0.3, -0.25) is 9.59 Å². The van der Waals surface area contributed by atoms with Gasteiger partial charge in [-0.05, 0) is 6.92 Å². The van der Waals surface area contributed by atoms with Crippen LogP contribution >= 0.6 is 0 Å². The lowest BCUT2D eigenvalue weighted by atomic mass is 10.2. The summed E-state index contributed by atoms with van der Waals surface area (Å²) >= 11 is 0. The third-order valence-electron chi connectivity index (χ3n) is 1.48. The van der Waals surface area contributed by atoms with Crippen LogP contribution in [0.2, 0.25) is 0 Å². The SMILES string of the molecule is CCOCC(=O)NC(CC(N)=O)C(=O)O. The monoisotopic (exact) mass is 218 g/mol. The fourth-order valence-corrected chi connectivity index (χ4v) is 0.832. The topological polar surface area (TPSA) is 119 Å². The van der Waals surface area contributed by atoms with E-state index in [4.69, 9.17) is 15.6 Å². The Bertz CT molecular complexity index is 253. The summed E-state index contributed by atoms with van der Waals surface area (Å²) in [4.78, 5) is 32.1. The van der Waals surface area contributed by atoms with Gasteiger partial charge in [-0.2, -0.15) is 0 Å². The van der Waals surface area contributed by atoms with Gasteiger partial charge in [0.2, 0.25) is 11.8 Å². The zero-order valence-electron chi connectivity index (χ0n) is 8.36. The fraction of sp³-hybridized carbons (Fsp3) is 0.625. The number of rotatable bonds is 7. The highest BCUT2D eigenvalue weighted by atomic mass is 16.5. The molecule has 0 aromatic heterocycles. The van der Waals surface area contributed by atoms with Crippen molar-refractivity contribution in [1.29, 1.82) is 0 Å². The van der Waals surface area contributed by atoms with Crippen LogP contribution in [0, 0.1) is 0 Å². The summed E-state index contributed by atoms with van der Waals surface area (Å²) in [5, 5.41) is 10.8. The maximum absolute atomic E-state index is 11.0. The van der Waals surface area contributed by atoms with Crippen molar-refractivity contribution < 1.29 is 24.2 Å². The van der Waals surface area contributed by atoms with Gasteiger partial charge in [0.25, 0.3) is 0 Å². The minimum atomic E-state index is -1.31. The predicted molar refractivity (Wildman–Crippen MR) is 49.9 cm³/mol. The van der Waals surface area contributed by atoms with Gasteiger partial charge in [0, 0.05) is 6.61 Å². The first kappa shape index (κ1) is 13.4. The van der Waals surface area contributed by atoms with Crippen LogP contribution in [0.3, 0.4) is 0 Å². The number of amides is 2. The van der Waals surface area contributed by atoms with Crippen LogP contribution in [-0.2, 0) is 19.1 Å². The van der Waals surface area contributed by atoms with Crippen LogP contribution in [0.5, 0.6) is 0 Å². The molecule has 0 saturated carbocycles. The minimum absolute atomic E-state index is 0.237. The van der Waals surface area contributed by atoms with Gasteiger partial charge in [0.05, 0.1) is 6.42 Å². The average molecular weight is 218 g/mol. The number of carbonyl (C=O) groups excluding carboxylic acids is 2. The zero-order chi connectivity index (χ0) is 11.8. The summed E-state index contributed by atoms with van der Waals surface area (Å²) in [6.07, 6.45) is -0.437. The molecule has 1 unspecified atom stereocenters. The van der Waals surface area contributed by atoms with Crippen molar-refractivity contribution in [2.75, 3.05) is 13.2 Å². The van der Waals surface area contributed by atoms with E-state index in [9.17, 15) is 14.4 Å². The summed E-state index contributed by atoms with van der Waals surface area (Å²) in [7, 11) is 0. The average Bonchev–Trinajstić information content (AvgIpc) is 2.12. The van der Waals surface area contributed by atoms with Crippen molar-refractivity contribution in [1.82, 2.24) is 5.32 Å². The third kappa shape index (κ3) is 6.44. The summed E-state index contributed by atoms with van der Waals surface area (Å²) < 4.78 is 4.76. The van der Waals surface area contributed by atoms with Crippen molar-refractivity contribution in [2.45, 2.75) is 19.4 Å². The molecular weight excluding hydrogens is 204 g/mol. The molecule has 0 aromatic rings. The van der Waals surface area contributed by atoms with E-state index in [-0.39, 0.29) is 6.61 Å². The molecule has 15 heavy (non-hydrogen) atoms. The molecule has 0 heterocycles. The Morgan fingerprint density at radius 1 is 1.47 bits per heavy atom. The highest BCUT2D eigenvalue weighted by Gasteiger charge is 2.21. The highest BCUT2D eigenvalue weighted by Crippen LogP contribution is 1.91. The van der Waals surface area contributed by atoms with Gasteiger partial charge in [-0.1, -0.05) is 0 Å². The molecule has 0 aliphatic carbocycles. The largest absolute Gasteiger partial charge is 0.480 e. The van der Waals surface area contributed by atoms with Gasteiger partial charge < -0.3 is 20.9 Å². The van der Waals surface area contributed by atoms with Gasteiger partial charge in [-0.25, -0.2) is 4.79 Å². The summed E-state index contributed by atoms with van der Waals surface area (Å²) in [5.74, 6) is -2.69. The van der Waals surface area contributed by atoms with E-state index in [1.54, 1.807) is 6.92 Å².